The number of carbonyl (C=O) groups is 2. The summed E-state index contributed by atoms with van der Waals surface area (Å²) in [5, 5.41) is 13.1. The van der Waals surface area contributed by atoms with Crippen molar-refractivity contribution in [3.8, 4) is 11.5 Å². The van der Waals surface area contributed by atoms with E-state index in [0.717, 1.165) is 27.8 Å². The lowest BCUT2D eigenvalue weighted by atomic mass is 9.94. The van der Waals surface area contributed by atoms with E-state index in [1.54, 1.807) is 42.5 Å². The van der Waals surface area contributed by atoms with E-state index in [9.17, 15) is 27.9 Å². The molecule has 6 nitrogen and oxygen atoms in total. The number of ether oxygens (including phenoxy) is 2. The van der Waals surface area contributed by atoms with E-state index in [1.165, 1.54) is 19.2 Å². The number of benzene rings is 4. The van der Waals surface area contributed by atoms with Crippen LogP contribution in [0, 0.1) is 0 Å². The molecule has 5 rings (SSSR count). The molecule has 0 saturated carbocycles. The quantitative estimate of drug-likeness (QED) is 0.188. The third-order valence-corrected chi connectivity index (χ3v) is 6.21. The van der Waals surface area contributed by atoms with Crippen molar-refractivity contribution in [1.82, 2.24) is 0 Å². The van der Waals surface area contributed by atoms with Crippen molar-refractivity contribution in [2.24, 2.45) is 0 Å². The first-order valence-corrected chi connectivity index (χ1v) is 11.5. The second-order valence-corrected chi connectivity index (χ2v) is 8.55. The number of halogens is 3. The molecule has 192 valence electrons. The molecule has 0 aromatic heterocycles. The average molecular weight is 519 g/mol. The normalized spacial score (nSPS) is 17.2. The number of fused-ring (bicyclic) bond motifs is 1. The maximum Gasteiger partial charge on any atom is 0.573 e. The standard InChI is InChI=1S/C29H20F3NO5/c1-37-22-10-4-8-19(15-22)25-24(26(34)20-13-12-17-6-2-3-7-18(17)14-20)27(35)28(36)33(25)21-9-5-11-23(16-21)38-29(30,31)32/h2-16,25,34H,1H3/b26-24-. The zero-order chi connectivity index (χ0) is 27.0. The van der Waals surface area contributed by atoms with Crippen LogP contribution in [-0.2, 0) is 9.59 Å². The number of aliphatic hydroxyl groups is 1. The van der Waals surface area contributed by atoms with E-state index >= 15 is 0 Å². The molecule has 1 aliphatic rings. The van der Waals surface area contributed by atoms with Crippen molar-refractivity contribution in [3.63, 3.8) is 0 Å². The van der Waals surface area contributed by atoms with Crippen LogP contribution in [0.15, 0.2) is 96.6 Å². The summed E-state index contributed by atoms with van der Waals surface area (Å²) in [6.07, 6.45) is -4.95. The molecule has 1 fully saturated rings. The number of carbonyl (C=O) groups excluding carboxylic acids is 2. The molecule has 38 heavy (non-hydrogen) atoms. The van der Waals surface area contributed by atoms with Crippen LogP contribution in [-0.4, -0.2) is 30.3 Å². The van der Waals surface area contributed by atoms with Crippen LogP contribution in [0.1, 0.15) is 17.2 Å². The molecule has 1 N–H and O–H groups in total. The van der Waals surface area contributed by atoms with Gasteiger partial charge in [-0.1, -0.05) is 54.6 Å². The highest BCUT2D eigenvalue weighted by Crippen LogP contribution is 2.44. The Kier molecular flexibility index (Phi) is 6.28. The summed E-state index contributed by atoms with van der Waals surface area (Å²) in [5.41, 5.74) is 0.497. The fourth-order valence-electron chi connectivity index (χ4n) is 4.55. The van der Waals surface area contributed by atoms with Crippen LogP contribution in [0.5, 0.6) is 11.5 Å². The number of nitrogens with zero attached hydrogens (tertiary/aromatic N) is 1. The fourth-order valence-corrected chi connectivity index (χ4v) is 4.55. The van der Waals surface area contributed by atoms with Gasteiger partial charge in [0.1, 0.15) is 17.3 Å². The molecule has 0 spiro atoms. The molecule has 4 aromatic carbocycles. The molecule has 1 unspecified atom stereocenters. The van der Waals surface area contributed by atoms with E-state index in [4.69, 9.17) is 4.74 Å². The molecule has 1 heterocycles. The highest BCUT2D eigenvalue weighted by Gasteiger charge is 2.47. The van der Waals surface area contributed by atoms with Crippen LogP contribution >= 0.6 is 0 Å². The summed E-state index contributed by atoms with van der Waals surface area (Å²) < 4.78 is 47.9. The number of Topliss-reactive ketones (excluding diaryl/α,β-unsaturated/α-hetero) is 1. The minimum Gasteiger partial charge on any atom is -0.507 e. The molecule has 1 amide bonds. The zero-order valence-corrected chi connectivity index (χ0v) is 19.9. The van der Waals surface area contributed by atoms with Gasteiger partial charge in [0.05, 0.1) is 18.7 Å². The second kappa shape index (κ2) is 9.59. The van der Waals surface area contributed by atoms with E-state index in [2.05, 4.69) is 4.74 Å². The lowest BCUT2D eigenvalue weighted by Crippen LogP contribution is -2.29. The van der Waals surface area contributed by atoms with Crippen LogP contribution < -0.4 is 14.4 Å². The molecule has 1 saturated heterocycles. The Morgan fingerprint density at radius 3 is 2.29 bits per heavy atom. The van der Waals surface area contributed by atoms with E-state index < -0.39 is 35.6 Å². The van der Waals surface area contributed by atoms with Gasteiger partial charge in [0.15, 0.2) is 0 Å². The number of hydrogen-bond donors (Lipinski definition) is 1. The van der Waals surface area contributed by atoms with Gasteiger partial charge >= 0.3 is 6.36 Å². The highest BCUT2D eigenvalue weighted by molar-refractivity contribution is 6.51. The number of rotatable bonds is 5. The molecule has 9 heteroatoms. The maximum absolute atomic E-state index is 13.4. The first-order valence-electron chi connectivity index (χ1n) is 11.5. The number of ketones is 1. The number of alkyl halides is 3. The predicted octanol–water partition coefficient (Wildman–Crippen LogP) is 6.37. The second-order valence-electron chi connectivity index (χ2n) is 8.55. The van der Waals surface area contributed by atoms with Crippen molar-refractivity contribution in [2.45, 2.75) is 12.4 Å². The smallest absolute Gasteiger partial charge is 0.507 e. The van der Waals surface area contributed by atoms with Gasteiger partial charge in [-0.15, -0.1) is 13.2 Å². The topological polar surface area (TPSA) is 76.1 Å². The van der Waals surface area contributed by atoms with E-state index in [1.807, 2.05) is 24.3 Å². The number of aliphatic hydroxyl groups excluding tert-OH is 1. The fraction of sp³-hybridized carbons (Fsp3) is 0.103. The number of methoxy groups -OCH3 is 1. The lowest BCUT2D eigenvalue weighted by Gasteiger charge is -2.26. The third-order valence-electron chi connectivity index (χ3n) is 6.21. The molecular formula is C29H20F3NO5. The summed E-state index contributed by atoms with van der Waals surface area (Å²) in [4.78, 5) is 27.8. The van der Waals surface area contributed by atoms with Gasteiger partial charge in [-0.2, -0.15) is 0 Å². The van der Waals surface area contributed by atoms with Crippen LogP contribution in [0.3, 0.4) is 0 Å². The zero-order valence-electron chi connectivity index (χ0n) is 19.9. The predicted molar refractivity (Wildman–Crippen MR) is 135 cm³/mol. The van der Waals surface area contributed by atoms with Crippen molar-refractivity contribution in [2.75, 3.05) is 12.0 Å². The monoisotopic (exact) mass is 519 g/mol. The minimum atomic E-state index is -4.95. The molecular weight excluding hydrogens is 499 g/mol. The molecule has 0 aliphatic carbocycles. The van der Waals surface area contributed by atoms with Gasteiger partial charge in [-0.3, -0.25) is 14.5 Å². The summed E-state index contributed by atoms with van der Waals surface area (Å²) >= 11 is 0. The van der Waals surface area contributed by atoms with Gasteiger partial charge in [-0.05, 0) is 46.7 Å². The lowest BCUT2D eigenvalue weighted by molar-refractivity contribution is -0.274. The molecule has 1 aliphatic heterocycles. The largest absolute Gasteiger partial charge is 0.573 e. The van der Waals surface area contributed by atoms with Gasteiger partial charge < -0.3 is 14.6 Å². The highest BCUT2D eigenvalue weighted by atomic mass is 19.4. The Labute approximate surface area is 215 Å². The Hall–Kier alpha value is -4.79. The molecule has 1 atom stereocenters. The SMILES string of the molecule is COc1cccc(C2/C(=C(/O)c3ccc4ccccc4c3)C(=O)C(=O)N2c2cccc(OC(F)(F)F)c2)c1. The average Bonchev–Trinajstić information content (AvgIpc) is 3.17. The van der Waals surface area contributed by atoms with Crippen molar-refractivity contribution < 1.29 is 37.3 Å². The summed E-state index contributed by atoms with van der Waals surface area (Å²) in [5.74, 6) is -2.54. The minimum absolute atomic E-state index is 0.0146. The Morgan fingerprint density at radius 2 is 1.55 bits per heavy atom. The van der Waals surface area contributed by atoms with Crippen LogP contribution in [0.2, 0.25) is 0 Å². The van der Waals surface area contributed by atoms with Gasteiger partial charge in [0.25, 0.3) is 11.7 Å². The summed E-state index contributed by atoms with van der Waals surface area (Å²) in [7, 11) is 1.45. The molecule has 0 radical (unpaired) electrons. The van der Waals surface area contributed by atoms with Crippen molar-refractivity contribution in [3.05, 3.63) is 108 Å². The Bertz CT molecular complexity index is 1590. The first-order chi connectivity index (χ1) is 18.2. The van der Waals surface area contributed by atoms with Gasteiger partial charge in [-0.25, -0.2) is 0 Å². The molecule has 4 aromatic rings. The number of amides is 1. The van der Waals surface area contributed by atoms with Crippen LogP contribution in [0.4, 0.5) is 18.9 Å². The Morgan fingerprint density at radius 1 is 0.842 bits per heavy atom. The molecule has 0 bridgehead atoms. The van der Waals surface area contributed by atoms with Gasteiger partial charge in [0.2, 0.25) is 0 Å². The first kappa shape index (κ1) is 24.9. The van der Waals surface area contributed by atoms with Crippen molar-refractivity contribution in [1.29, 1.82) is 0 Å². The van der Waals surface area contributed by atoms with Crippen LogP contribution in [0.25, 0.3) is 16.5 Å². The third kappa shape index (κ3) is 4.66. The summed E-state index contributed by atoms with van der Waals surface area (Å²) in [6, 6.07) is 22.7. The maximum atomic E-state index is 13.4. The number of anilines is 1. The van der Waals surface area contributed by atoms with Crippen molar-refractivity contribution >= 4 is 33.9 Å². The van der Waals surface area contributed by atoms with E-state index in [-0.39, 0.29) is 11.3 Å². The Balaban J connectivity index is 1.70. The summed E-state index contributed by atoms with van der Waals surface area (Å²) in [6.45, 7) is 0. The van der Waals surface area contributed by atoms with E-state index in [0.29, 0.717) is 16.9 Å². The number of hydrogen-bond acceptors (Lipinski definition) is 5. The van der Waals surface area contributed by atoms with Gasteiger partial charge in [0, 0.05) is 17.3 Å².